The quantitative estimate of drug-likeness (QED) is 0.171. The van der Waals surface area contributed by atoms with Crippen LogP contribution in [0, 0.1) is 11.8 Å². The summed E-state index contributed by atoms with van der Waals surface area (Å²) in [4.78, 5) is 16.5. The highest BCUT2D eigenvalue weighted by Gasteiger charge is 2.10. The number of hydrogen-bond donors (Lipinski definition) is 1. The first-order valence-electron chi connectivity index (χ1n) is 12.1. The van der Waals surface area contributed by atoms with E-state index in [1.807, 2.05) is 36.4 Å². The molecule has 35 heavy (non-hydrogen) atoms. The van der Waals surface area contributed by atoms with Gasteiger partial charge in [-0.1, -0.05) is 86.0 Å². The summed E-state index contributed by atoms with van der Waals surface area (Å²) in [6, 6.07) is 23.9. The highest BCUT2D eigenvalue weighted by atomic mass is 35.5. The van der Waals surface area contributed by atoms with Crippen molar-refractivity contribution in [1.29, 1.82) is 0 Å². The molecule has 0 heterocycles. The van der Waals surface area contributed by atoms with E-state index in [-0.39, 0.29) is 0 Å². The minimum absolute atomic E-state index is 0.394. The average Bonchev–Trinajstić information content (AvgIpc) is 2.87. The van der Waals surface area contributed by atoms with Crippen LogP contribution in [0.1, 0.15) is 60.4 Å². The minimum Gasteiger partial charge on any atom is -0.479 e. The molecule has 182 valence electrons. The first kappa shape index (κ1) is 26.5. The van der Waals surface area contributed by atoms with Crippen molar-refractivity contribution in [2.45, 2.75) is 52.1 Å². The summed E-state index contributed by atoms with van der Waals surface area (Å²) in [5.74, 6) is 5.44. The molecule has 0 bridgehead atoms. The largest absolute Gasteiger partial charge is 0.479 e. The lowest BCUT2D eigenvalue weighted by atomic mass is 10.0. The van der Waals surface area contributed by atoms with E-state index < -0.39 is 12.6 Å². The number of rotatable bonds is 12. The molecule has 0 fully saturated rings. The van der Waals surface area contributed by atoms with Crippen molar-refractivity contribution < 1.29 is 14.7 Å². The van der Waals surface area contributed by atoms with Crippen LogP contribution >= 0.6 is 11.6 Å². The lowest BCUT2D eigenvalue weighted by Gasteiger charge is -2.21. The van der Waals surface area contributed by atoms with Gasteiger partial charge in [-0.3, -0.25) is 4.84 Å². The molecular weight excluding hydrogens is 458 g/mol. The number of carboxylic acid groups (broad SMARTS) is 1. The standard InChI is InChI=1S/C30H32ClNO3/c1-2-3-4-5-6-24-7-9-25(10-8-24)11-12-26-13-15-27(16-14-26)21-32(35-23-30(33)34)22-28-17-19-29(31)20-18-28/h7-10,13-20H,2-6,21-23H2,1H3,(H,33,34). The number of benzene rings is 3. The number of unbranched alkanes of at least 4 members (excludes halogenated alkanes) is 3. The number of carboxylic acids is 1. The SMILES string of the molecule is CCCCCCc1ccc(C#Cc2ccc(CN(Cc3ccc(Cl)cc3)OCC(=O)O)cc2)cc1. The van der Waals surface area contributed by atoms with Crippen molar-refractivity contribution in [3.63, 3.8) is 0 Å². The maximum atomic E-state index is 11.0. The van der Waals surface area contributed by atoms with Crippen LogP contribution < -0.4 is 0 Å². The van der Waals surface area contributed by atoms with E-state index in [4.69, 9.17) is 21.5 Å². The van der Waals surface area contributed by atoms with Gasteiger partial charge in [0.1, 0.15) is 0 Å². The van der Waals surface area contributed by atoms with E-state index in [9.17, 15) is 4.79 Å². The molecule has 0 amide bonds. The molecule has 0 aromatic heterocycles. The number of aliphatic carboxylic acids is 1. The van der Waals surface area contributed by atoms with Gasteiger partial charge < -0.3 is 5.11 Å². The van der Waals surface area contributed by atoms with Crippen LogP contribution in [-0.2, 0) is 29.1 Å². The number of nitrogens with zero attached hydrogens (tertiary/aromatic N) is 1. The number of hydroxylamine groups is 2. The molecule has 3 aromatic carbocycles. The summed E-state index contributed by atoms with van der Waals surface area (Å²) in [5.41, 5.74) is 5.27. The monoisotopic (exact) mass is 489 g/mol. The smallest absolute Gasteiger partial charge is 0.331 e. The maximum Gasteiger partial charge on any atom is 0.331 e. The van der Waals surface area contributed by atoms with Crippen molar-refractivity contribution >= 4 is 17.6 Å². The van der Waals surface area contributed by atoms with Gasteiger partial charge in [-0.05, 0) is 65.9 Å². The number of aryl methyl sites for hydroxylation is 1. The van der Waals surface area contributed by atoms with E-state index in [0.29, 0.717) is 18.1 Å². The van der Waals surface area contributed by atoms with Crippen molar-refractivity contribution in [2.24, 2.45) is 0 Å². The Hall–Kier alpha value is -3.10. The van der Waals surface area contributed by atoms with Crippen LogP contribution in [-0.4, -0.2) is 22.7 Å². The van der Waals surface area contributed by atoms with Crippen molar-refractivity contribution in [3.05, 3.63) is 106 Å². The number of halogens is 1. The van der Waals surface area contributed by atoms with Crippen LogP contribution in [0.4, 0.5) is 0 Å². The van der Waals surface area contributed by atoms with Gasteiger partial charge in [-0.2, -0.15) is 5.06 Å². The zero-order valence-electron chi connectivity index (χ0n) is 20.2. The minimum atomic E-state index is -1.01. The second-order valence-electron chi connectivity index (χ2n) is 8.55. The van der Waals surface area contributed by atoms with Crippen LogP contribution in [0.15, 0.2) is 72.8 Å². The van der Waals surface area contributed by atoms with Gasteiger partial charge in [0.15, 0.2) is 6.61 Å². The summed E-state index contributed by atoms with van der Waals surface area (Å²) in [6.07, 6.45) is 6.22. The molecular formula is C30H32ClNO3. The summed E-state index contributed by atoms with van der Waals surface area (Å²) in [7, 11) is 0. The van der Waals surface area contributed by atoms with Crippen LogP contribution in [0.3, 0.4) is 0 Å². The molecule has 0 saturated carbocycles. The fraction of sp³-hybridized carbons (Fsp3) is 0.300. The fourth-order valence-electron chi connectivity index (χ4n) is 3.64. The van der Waals surface area contributed by atoms with E-state index >= 15 is 0 Å². The van der Waals surface area contributed by atoms with Crippen LogP contribution in [0.5, 0.6) is 0 Å². The van der Waals surface area contributed by atoms with Crippen molar-refractivity contribution in [1.82, 2.24) is 5.06 Å². The third kappa shape index (κ3) is 9.96. The second-order valence-corrected chi connectivity index (χ2v) is 8.98. The van der Waals surface area contributed by atoms with Crippen molar-refractivity contribution in [3.8, 4) is 11.8 Å². The predicted molar refractivity (Wildman–Crippen MR) is 141 cm³/mol. The third-order valence-corrected chi connectivity index (χ3v) is 5.83. The molecule has 0 aliphatic carbocycles. The van der Waals surface area contributed by atoms with Gasteiger partial charge in [0.25, 0.3) is 0 Å². The Labute approximate surface area is 213 Å². The number of carbonyl (C=O) groups is 1. The van der Waals surface area contributed by atoms with Gasteiger partial charge >= 0.3 is 5.97 Å². The van der Waals surface area contributed by atoms with Gasteiger partial charge in [-0.15, -0.1) is 0 Å². The summed E-state index contributed by atoms with van der Waals surface area (Å²) < 4.78 is 0. The highest BCUT2D eigenvalue weighted by molar-refractivity contribution is 6.30. The summed E-state index contributed by atoms with van der Waals surface area (Å²) in [6.45, 7) is 2.73. The van der Waals surface area contributed by atoms with Crippen LogP contribution in [0.25, 0.3) is 0 Å². The third-order valence-electron chi connectivity index (χ3n) is 5.58. The Balaban J connectivity index is 1.58. The van der Waals surface area contributed by atoms with Gasteiger partial charge in [0.2, 0.25) is 0 Å². The topological polar surface area (TPSA) is 49.8 Å². The Bertz CT molecular complexity index is 1110. The maximum absolute atomic E-state index is 11.0. The van der Waals surface area contributed by atoms with Gasteiger partial charge in [-0.25, -0.2) is 4.79 Å². The summed E-state index contributed by atoms with van der Waals surface area (Å²) in [5, 5.41) is 11.3. The molecule has 3 rings (SSSR count). The summed E-state index contributed by atoms with van der Waals surface area (Å²) >= 11 is 5.96. The molecule has 0 spiro atoms. The molecule has 0 atom stereocenters. The molecule has 0 radical (unpaired) electrons. The Morgan fingerprint density at radius 1 is 0.800 bits per heavy atom. The van der Waals surface area contributed by atoms with E-state index in [1.54, 1.807) is 17.2 Å². The second kappa shape index (κ2) is 14.3. The van der Waals surface area contributed by atoms with E-state index in [2.05, 4.69) is 43.0 Å². The first-order valence-corrected chi connectivity index (χ1v) is 12.4. The van der Waals surface area contributed by atoms with Crippen molar-refractivity contribution in [2.75, 3.05) is 6.61 Å². The average molecular weight is 490 g/mol. The Morgan fingerprint density at radius 2 is 1.31 bits per heavy atom. The molecule has 3 aromatic rings. The molecule has 0 aliphatic heterocycles. The van der Waals surface area contributed by atoms with Crippen LogP contribution in [0.2, 0.25) is 5.02 Å². The zero-order valence-corrected chi connectivity index (χ0v) is 20.9. The molecule has 0 unspecified atom stereocenters. The lowest BCUT2D eigenvalue weighted by molar-refractivity contribution is -0.190. The fourth-order valence-corrected chi connectivity index (χ4v) is 3.77. The first-order chi connectivity index (χ1) is 17.0. The van der Waals surface area contributed by atoms with Gasteiger partial charge in [0.05, 0.1) is 0 Å². The molecule has 0 aliphatic rings. The molecule has 1 N–H and O–H groups in total. The highest BCUT2D eigenvalue weighted by Crippen LogP contribution is 2.15. The molecule has 4 nitrogen and oxygen atoms in total. The lowest BCUT2D eigenvalue weighted by Crippen LogP contribution is -2.26. The van der Waals surface area contributed by atoms with E-state index in [0.717, 1.165) is 28.7 Å². The zero-order chi connectivity index (χ0) is 24.9. The van der Waals surface area contributed by atoms with E-state index in [1.165, 1.54) is 31.2 Å². The Kier molecular flexibility index (Phi) is 10.9. The number of hydrogen-bond acceptors (Lipinski definition) is 3. The normalized spacial score (nSPS) is 10.7. The molecule has 0 saturated heterocycles. The predicted octanol–water partition coefficient (Wildman–Crippen LogP) is 6.88. The van der Waals surface area contributed by atoms with Gasteiger partial charge in [0, 0.05) is 29.2 Å². The molecule has 5 heteroatoms. The Morgan fingerprint density at radius 3 is 1.83 bits per heavy atom.